The molecule has 1 aliphatic carbocycles. The first kappa shape index (κ1) is 16.4. The van der Waals surface area contributed by atoms with Gasteiger partial charge in [-0.05, 0) is 37.1 Å². The van der Waals surface area contributed by atoms with E-state index >= 15 is 0 Å². The van der Waals surface area contributed by atoms with Crippen LogP contribution in [-0.4, -0.2) is 26.2 Å². The number of benzene rings is 1. The molecule has 0 spiro atoms. The molecule has 9 nitrogen and oxygen atoms in total. The topological polar surface area (TPSA) is 120 Å². The van der Waals surface area contributed by atoms with Crippen molar-refractivity contribution in [3.8, 4) is 23.0 Å². The molecule has 1 fully saturated rings. The van der Waals surface area contributed by atoms with Gasteiger partial charge in [-0.25, -0.2) is 0 Å². The van der Waals surface area contributed by atoms with E-state index in [0.29, 0.717) is 34.8 Å². The Morgan fingerprint density at radius 1 is 1.07 bits per heavy atom. The third kappa shape index (κ3) is 3.29. The van der Waals surface area contributed by atoms with Crippen molar-refractivity contribution in [2.24, 2.45) is 0 Å². The van der Waals surface area contributed by atoms with E-state index in [2.05, 4.69) is 25.6 Å². The number of furan rings is 1. The number of hydrogen-bond donors (Lipinski definition) is 1. The average molecular weight is 377 g/mol. The summed E-state index contributed by atoms with van der Waals surface area (Å²) in [6.07, 6.45) is 3.72. The molecule has 3 heterocycles. The van der Waals surface area contributed by atoms with Crippen molar-refractivity contribution in [2.45, 2.75) is 25.3 Å². The first-order valence-corrected chi connectivity index (χ1v) is 8.85. The quantitative estimate of drug-likeness (QED) is 0.544. The average Bonchev–Trinajstić information content (AvgIpc) is 3.16. The van der Waals surface area contributed by atoms with Crippen molar-refractivity contribution in [3.63, 3.8) is 0 Å². The molecular formula is C19H15N5O4. The van der Waals surface area contributed by atoms with Crippen LogP contribution in [0.5, 0.6) is 0 Å². The van der Waals surface area contributed by atoms with E-state index in [4.69, 9.17) is 13.5 Å². The Hall–Kier alpha value is -3.75. The number of nitrogens with zero attached hydrogens (tertiary/aromatic N) is 4. The Kier molecular flexibility index (Phi) is 3.97. The standard InChI is InChI=1S/C19H15N5O4/c25-17(20-10-15-21-19(28-23-15)14-2-1-9-26-14)12-5-3-11(4-6-12)16-22-18(27-24-16)13-7-8-13/h1-6,9,13H,7-8,10H2,(H,20,25). The number of rotatable bonds is 6. The maximum Gasteiger partial charge on any atom is 0.293 e. The minimum absolute atomic E-state index is 0.139. The lowest BCUT2D eigenvalue weighted by Gasteiger charge is -2.03. The molecule has 1 amide bonds. The molecule has 140 valence electrons. The van der Waals surface area contributed by atoms with Gasteiger partial charge in [0.15, 0.2) is 11.6 Å². The van der Waals surface area contributed by atoms with Crippen molar-refractivity contribution in [3.05, 3.63) is 59.9 Å². The second-order valence-electron chi connectivity index (χ2n) is 6.48. The molecular weight excluding hydrogens is 362 g/mol. The fourth-order valence-corrected chi connectivity index (χ4v) is 2.71. The Bertz CT molecular complexity index is 1090. The van der Waals surface area contributed by atoms with Gasteiger partial charge in [-0.15, -0.1) is 0 Å². The zero-order valence-corrected chi connectivity index (χ0v) is 14.7. The molecule has 0 aliphatic heterocycles. The van der Waals surface area contributed by atoms with Crippen LogP contribution in [0.3, 0.4) is 0 Å². The summed E-state index contributed by atoms with van der Waals surface area (Å²) < 4.78 is 15.6. The summed E-state index contributed by atoms with van der Waals surface area (Å²) in [5.74, 6) is 2.48. The maximum absolute atomic E-state index is 12.3. The molecule has 28 heavy (non-hydrogen) atoms. The highest BCUT2D eigenvalue weighted by atomic mass is 16.5. The minimum atomic E-state index is -0.248. The first-order chi connectivity index (χ1) is 13.8. The Balaban J connectivity index is 1.21. The number of aromatic nitrogens is 4. The van der Waals surface area contributed by atoms with Crippen LogP contribution in [0.25, 0.3) is 23.0 Å². The number of carbonyl (C=O) groups is 1. The van der Waals surface area contributed by atoms with Gasteiger partial charge in [0.25, 0.3) is 11.8 Å². The van der Waals surface area contributed by atoms with Crippen molar-refractivity contribution >= 4 is 5.91 Å². The predicted octanol–water partition coefficient (Wildman–Crippen LogP) is 3.19. The third-order valence-corrected chi connectivity index (χ3v) is 4.38. The fraction of sp³-hybridized carbons (Fsp3) is 0.211. The van der Waals surface area contributed by atoms with Gasteiger partial charge in [-0.1, -0.05) is 22.4 Å². The molecule has 1 saturated carbocycles. The normalized spacial score (nSPS) is 13.6. The monoisotopic (exact) mass is 377 g/mol. The van der Waals surface area contributed by atoms with Gasteiger partial charge in [0, 0.05) is 17.0 Å². The van der Waals surface area contributed by atoms with E-state index in [1.807, 2.05) is 0 Å². The molecule has 4 aromatic rings. The van der Waals surface area contributed by atoms with E-state index in [-0.39, 0.29) is 18.3 Å². The lowest BCUT2D eigenvalue weighted by molar-refractivity contribution is 0.0949. The zero-order chi connectivity index (χ0) is 18.9. The highest BCUT2D eigenvalue weighted by Gasteiger charge is 2.29. The van der Waals surface area contributed by atoms with E-state index in [1.165, 1.54) is 6.26 Å². The minimum Gasteiger partial charge on any atom is -0.459 e. The van der Waals surface area contributed by atoms with Crippen molar-refractivity contribution in [1.29, 1.82) is 0 Å². The van der Waals surface area contributed by atoms with Crippen LogP contribution < -0.4 is 5.32 Å². The Morgan fingerprint density at radius 2 is 1.93 bits per heavy atom. The van der Waals surface area contributed by atoms with Crippen LogP contribution in [0.4, 0.5) is 0 Å². The van der Waals surface area contributed by atoms with E-state index in [0.717, 1.165) is 18.4 Å². The number of amides is 1. The number of hydrogen-bond acceptors (Lipinski definition) is 8. The molecule has 5 rings (SSSR count). The van der Waals surface area contributed by atoms with Gasteiger partial charge in [-0.3, -0.25) is 4.79 Å². The van der Waals surface area contributed by atoms with E-state index in [1.54, 1.807) is 36.4 Å². The van der Waals surface area contributed by atoms with E-state index < -0.39 is 0 Å². The summed E-state index contributed by atoms with van der Waals surface area (Å²) in [5.41, 5.74) is 1.30. The lowest BCUT2D eigenvalue weighted by atomic mass is 10.1. The first-order valence-electron chi connectivity index (χ1n) is 8.85. The van der Waals surface area contributed by atoms with Gasteiger partial charge >= 0.3 is 0 Å². The van der Waals surface area contributed by atoms with Crippen LogP contribution in [0, 0.1) is 0 Å². The van der Waals surface area contributed by atoms with Gasteiger partial charge in [0.2, 0.25) is 11.7 Å². The maximum atomic E-state index is 12.3. The van der Waals surface area contributed by atoms with Crippen LogP contribution in [0.15, 0.2) is 56.1 Å². The SMILES string of the molecule is O=C(NCc1noc(-c2ccco2)n1)c1ccc(-c2noc(C3CC3)n2)cc1. The molecule has 0 unspecified atom stereocenters. The largest absolute Gasteiger partial charge is 0.459 e. The second kappa shape index (κ2) is 6.76. The molecule has 0 saturated heterocycles. The summed E-state index contributed by atoms with van der Waals surface area (Å²) in [6, 6.07) is 10.4. The van der Waals surface area contributed by atoms with Gasteiger partial charge in [-0.2, -0.15) is 9.97 Å². The van der Waals surface area contributed by atoms with Crippen molar-refractivity contribution in [2.75, 3.05) is 0 Å². The molecule has 3 aromatic heterocycles. The highest BCUT2D eigenvalue weighted by molar-refractivity contribution is 5.94. The summed E-state index contributed by atoms with van der Waals surface area (Å²) in [6.45, 7) is 0.139. The fourth-order valence-electron chi connectivity index (χ4n) is 2.71. The highest BCUT2D eigenvalue weighted by Crippen LogP contribution is 2.39. The smallest absolute Gasteiger partial charge is 0.293 e. The lowest BCUT2D eigenvalue weighted by Crippen LogP contribution is -2.23. The predicted molar refractivity (Wildman–Crippen MR) is 94.9 cm³/mol. The molecule has 1 aromatic carbocycles. The summed E-state index contributed by atoms with van der Waals surface area (Å²) in [5, 5.41) is 10.6. The van der Waals surface area contributed by atoms with E-state index in [9.17, 15) is 4.79 Å². The van der Waals surface area contributed by atoms with Gasteiger partial charge in [0.05, 0.1) is 12.8 Å². The second-order valence-corrected chi connectivity index (χ2v) is 6.48. The summed E-state index contributed by atoms with van der Waals surface area (Å²) in [7, 11) is 0. The zero-order valence-electron chi connectivity index (χ0n) is 14.7. The van der Waals surface area contributed by atoms with Crippen LogP contribution >= 0.6 is 0 Å². The van der Waals surface area contributed by atoms with Crippen LogP contribution in [-0.2, 0) is 6.54 Å². The van der Waals surface area contributed by atoms with Gasteiger partial charge in [0.1, 0.15) is 0 Å². The molecule has 0 atom stereocenters. The number of carbonyl (C=O) groups excluding carboxylic acids is 1. The Morgan fingerprint density at radius 3 is 2.68 bits per heavy atom. The van der Waals surface area contributed by atoms with Crippen LogP contribution in [0.2, 0.25) is 0 Å². The van der Waals surface area contributed by atoms with Crippen LogP contribution in [0.1, 0.15) is 40.8 Å². The third-order valence-electron chi connectivity index (χ3n) is 4.38. The molecule has 1 aliphatic rings. The number of nitrogens with one attached hydrogen (secondary N) is 1. The molecule has 0 bridgehead atoms. The summed E-state index contributed by atoms with van der Waals surface area (Å²) >= 11 is 0. The molecule has 9 heteroatoms. The molecule has 0 radical (unpaired) electrons. The van der Waals surface area contributed by atoms with Crippen molar-refractivity contribution < 1.29 is 18.3 Å². The molecule has 1 N–H and O–H groups in total. The van der Waals surface area contributed by atoms with Gasteiger partial charge < -0.3 is 18.8 Å². The Labute approximate surface area is 158 Å². The van der Waals surface area contributed by atoms with Crippen molar-refractivity contribution in [1.82, 2.24) is 25.6 Å². The summed E-state index contributed by atoms with van der Waals surface area (Å²) in [4.78, 5) is 20.9.